The largest absolute Gasteiger partial charge is 0.478 e. The zero-order valence-corrected chi connectivity index (χ0v) is 9.98. The van der Waals surface area contributed by atoms with E-state index in [1.165, 1.54) is 6.92 Å². The molecule has 0 radical (unpaired) electrons. The highest BCUT2D eigenvalue weighted by Crippen LogP contribution is 2.26. The van der Waals surface area contributed by atoms with Crippen molar-refractivity contribution in [1.82, 2.24) is 4.37 Å². The lowest BCUT2D eigenvalue weighted by atomic mass is 10.2. The van der Waals surface area contributed by atoms with Crippen LogP contribution in [0.3, 0.4) is 0 Å². The summed E-state index contributed by atoms with van der Waals surface area (Å²) in [7, 11) is 0. The Labute approximate surface area is 104 Å². The molecular formula is C9H9F3N2O3S. The molecule has 100 valence electrons. The first-order chi connectivity index (χ1) is 8.20. The van der Waals surface area contributed by atoms with Crippen LogP contribution in [0.25, 0.3) is 0 Å². The number of rotatable bonds is 4. The molecular weight excluding hydrogens is 273 g/mol. The number of nitrogens with one attached hydrogen (secondary N) is 1. The number of aromatic carboxylic acids is 1. The number of hydrogen-bond donors (Lipinski definition) is 2. The van der Waals surface area contributed by atoms with Crippen molar-refractivity contribution < 1.29 is 27.9 Å². The second-order valence-corrected chi connectivity index (χ2v) is 4.21. The van der Waals surface area contributed by atoms with Gasteiger partial charge in [-0.2, -0.15) is 17.5 Å². The number of alkyl halides is 3. The van der Waals surface area contributed by atoms with Gasteiger partial charge in [0.25, 0.3) is 0 Å². The van der Waals surface area contributed by atoms with E-state index in [2.05, 4.69) is 9.69 Å². The van der Waals surface area contributed by atoms with Gasteiger partial charge >= 0.3 is 12.1 Å². The summed E-state index contributed by atoms with van der Waals surface area (Å²) in [6.45, 7) is 1.44. The molecule has 0 fully saturated rings. The number of carbonyl (C=O) groups is 2. The second kappa shape index (κ2) is 5.34. The average molecular weight is 282 g/mol. The van der Waals surface area contributed by atoms with E-state index in [9.17, 15) is 22.8 Å². The maximum atomic E-state index is 11.9. The Morgan fingerprint density at radius 1 is 1.44 bits per heavy atom. The van der Waals surface area contributed by atoms with Crippen LogP contribution in [0.15, 0.2) is 0 Å². The van der Waals surface area contributed by atoms with Gasteiger partial charge in [-0.3, -0.25) is 4.79 Å². The maximum absolute atomic E-state index is 11.9. The number of carbonyl (C=O) groups excluding carboxylic acids is 1. The molecule has 1 aromatic heterocycles. The van der Waals surface area contributed by atoms with Gasteiger partial charge < -0.3 is 10.4 Å². The number of aromatic nitrogens is 1. The quantitative estimate of drug-likeness (QED) is 0.889. The molecule has 1 rings (SSSR count). The summed E-state index contributed by atoms with van der Waals surface area (Å²) >= 11 is 0.722. The highest BCUT2D eigenvalue weighted by Gasteiger charge is 2.28. The second-order valence-electron chi connectivity index (χ2n) is 3.44. The van der Waals surface area contributed by atoms with Crippen LogP contribution in [0.5, 0.6) is 0 Å². The molecule has 0 aliphatic rings. The van der Waals surface area contributed by atoms with Crippen molar-refractivity contribution in [3.05, 3.63) is 11.3 Å². The summed E-state index contributed by atoms with van der Waals surface area (Å²) in [5.74, 6) is -2.18. The number of anilines is 1. The van der Waals surface area contributed by atoms with Gasteiger partial charge in [0.2, 0.25) is 5.91 Å². The average Bonchev–Trinajstić information content (AvgIpc) is 2.55. The van der Waals surface area contributed by atoms with E-state index in [0.29, 0.717) is 0 Å². The number of hydrogen-bond acceptors (Lipinski definition) is 4. The summed E-state index contributed by atoms with van der Waals surface area (Å²) in [5, 5.41) is 10.9. The lowest BCUT2D eigenvalue weighted by Crippen LogP contribution is -2.17. The number of halogens is 3. The Morgan fingerprint density at radius 2 is 2.06 bits per heavy atom. The van der Waals surface area contributed by atoms with E-state index in [4.69, 9.17) is 5.11 Å². The Morgan fingerprint density at radius 3 is 2.56 bits per heavy atom. The zero-order chi connectivity index (χ0) is 13.9. The van der Waals surface area contributed by atoms with Crippen molar-refractivity contribution in [3.8, 4) is 0 Å². The van der Waals surface area contributed by atoms with Gasteiger partial charge in [-0.15, -0.1) is 0 Å². The summed E-state index contributed by atoms with van der Waals surface area (Å²) in [6.07, 6.45) is -6.42. The lowest BCUT2D eigenvalue weighted by Gasteiger charge is -2.06. The van der Waals surface area contributed by atoms with E-state index in [1.54, 1.807) is 0 Å². The predicted octanol–water partition coefficient (Wildman–Crippen LogP) is 2.43. The first-order valence-corrected chi connectivity index (χ1v) is 5.54. The van der Waals surface area contributed by atoms with E-state index >= 15 is 0 Å². The summed E-state index contributed by atoms with van der Waals surface area (Å²) in [4.78, 5) is 22.1. The van der Waals surface area contributed by atoms with Crippen molar-refractivity contribution >= 4 is 28.4 Å². The van der Waals surface area contributed by atoms with Crippen LogP contribution in [0.4, 0.5) is 18.2 Å². The normalized spacial score (nSPS) is 11.3. The minimum atomic E-state index is -4.42. The molecule has 0 bridgehead atoms. The molecule has 9 heteroatoms. The predicted molar refractivity (Wildman–Crippen MR) is 57.7 cm³/mol. The Hall–Kier alpha value is -1.64. The van der Waals surface area contributed by atoms with Crippen LogP contribution in [0.1, 0.15) is 28.9 Å². The van der Waals surface area contributed by atoms with E-state index in [0.717, 1.165) is 11.5 Å². The summed E-state index contributed by atoms with van der Waals surface area (Å²) in [5.41, 5.74) is 0.0129. The van der Waals surface area contributed by atoms with Crippen molar-refractivity contribution in [2.75, 3.05) is 5.32 Å². The van der Waals surface area contributed by atoms with Crippen LogP contribution in [0, 0.1) is 6.92 Å². The molecule has 1 heterocycles. The van der Waals surface area contributed by atoms with Crippen LogP contribution in [0.2, 0.25) is 0 Å². The van der Waals surface area contributed by atoms with Crippen molar-refractivity contribution in [1.29, 1.82) is 0 Å². The molecule has 5 nitrogen and oxygen atoms in total. The van der Waals surface area contributed by atoms with Crippen LogP contribution < -0.4 is 5.32 Å². The van der Waals surface area contributed by atoms with E-state index in [-0.39, 0.29) is 16.3 Å². The number of carboxylic acids is 1. The Kier molecular flexibility index (Phi) is 4.28. The Balaban J connectivity index is 2.68. The number of amides is 1. The van der Waals surface area contributed by atoms with E-state index in [1.807, 2.05) is 0 Å². The highest BCUT2D eigenvalue weighted by molar-refractivity contribution is 7.11. The fourth-order valence-electron chi connectivity index (χ4n) is 1.15. The molecule has 0 saturated carbocycles. The minimum absolute atomic E-state index is 0.0489. The molecule has 0 atom stereocenters. The molecule has 0 aliphatic heterocycles. The van der Waals surface area contributed by atoms with Gasteiger partial charge in [-0.1, -0.05) is 0 Å². The molecule has 2 N–H and O–H groups in total. The Bertz CT molecular complexity index is 470. The lowest BCUT2D eigenvalue weighted by molar-refractivity contribution is -0.142. The molecule has 0 aromatic carbocycles. The monoisotopic (exact) mass is 282 g/mol. The number of carboxylic acid groups (broad SMARTS) is 1. The fraction of sp³-hybridized carbons (Fsp3) is 0.444. The SMILES string of the molecule is Cc1nsc(NC(=O)CCC(F)(F)F)c1C(=O)O. The summed E-state index contributed by atoms with van der Waals surface area (Å²) in [6, 6.07) is 0. The van der Waals surface area contributed by atoms with Gasteiger partial charge in [-0.25, -0.2) is 4.79 Å². The molecule has 0 aliphatic carbocycles. The van der Waals surface area contributed by atoms with Crippen LogP contribution in [-0.2, 0) is 4.79 Å². The zero-order valence-electron chi connectivity index (χ0n) is 9.17. The number of nitrogens with zero attached hydrogens (tertiary/aromatic N) is 1. The highest BCUT2D eigenvalue weighted by atomic mass is 32.1. The van der Waals surface area contributed by atoms with Crippen LogP contribution >= 0.6 is 11.5 Å². The van der Waals surface area contributed by atoms with E-state index < -0.39 is 30.9 Å². The molecule has 1 amide bonds. The topological polar surface area (TPSA) is 79.3 Å². The third-order valence-electron chi connectivity index (χ3n) is 1.97. The molecule has 18 heavy (non-hydrogen) atoms. The number of aryl methyl sites for hydroxylation is 1. The summed E-state index contributed by atoms with van der Waals surface area (Å²) < 4.78 is 39.4. The third-order valence-corrected chi connectivity index (χ3v) is 2.82. The van der Waals surface area contributed by atoms with Gasteiger partial charge in [0.05, 0.1) is 12.1 Å². The fourth-order valence-corrected chi connectivity index (χ4v) is 1.96. The van der Waals surface area contributed by atoms with Gasteiger partial charge in [0, 0.05) is 6.42 Å². The van der Waals surface area contributed by atoms with Crippen LogP contribution in [-0.4, -0.2) is 27.5 Å². The van der Waals surface area contributed by atoms with Gasteiger partial charge in [0.15, 0.2) is 0 Å². The van der Waals surface area contributed by atoms with Crippen molar-refractivity contribution in [3.63, 3.8) is 0 Å². The first kappa shape index (κ1) is 14.4. The minimum Gasteiger partial charge on any atom is -0.478 e. The van der Waals surface area contributed by atoms with Crippen molar-refractivity contribution in [2.45, 2.75) is 25.9 Å². The smallest absolute Gasteiger partial charge is 0.389 e. The maximum Gasteiger partial charge on any atom is 0.389 e. The first-order valence-electron chi connectivity index (χ1n) is 4.77. The third kappa shape index (κ3) is 3.99. The standard InChI is InChI=1S/C9H9F3N2O3S/c1-4-6(8(16)17)7(18-14-4)13-5(15)2-3-9(10,11)12/h2-3H2,1H3,(H,13,15)(H,16,17). The molecule has 0 saturated heterocycles. The van der Waals surface area contributed by atoms with Gasteiger partial charge in [-0.05, 0) is 18.5 Å². The molecule has 1 aromatic rings. The molecule has 0 unspecified atom stereocenters. The van der Waals surface area contributed by atoms with Crippen molar-refractivity contribution in [2.24, 2.45) is 0 Å². The van der Waals surface area contributed by atoms with Gasteiger partial charge in [0.1, 0.15) is 10.6 Å². The molecule has 0 spiro atoms.